The molecule has 82 valence electrons. The van der Waals surface area contributed by atoms with E-state index in [1.165, 1.54) is 0 Å². The van der Waals surface area contributed by atoms with Crippen LogP contribution >= 0.6 is 8.69 Å². The molecule has 0 aliphatic heterocycles. The maximum Gasteiger partial charge on any atom is 0.324 e. The van der Waals surface area contributed by atoms with Crippen molar-refractivity contribution in [1.29, 1.82) is 0 Å². The average molecular weight is 216 g/mol. The van der Waals surface area contributed by atoms with E-state index >= 15 is 0 Å². The van der Waals surface area contributed by atoms with Gasteiger partial charge in [-0.2, -0.15) is 0 Å². The van der Waals surface area contributed by atoms with Crippen LogP contribution in [0.1, 0.15) is 19.8 Å². The zero-order valence-corrected chi connectivity index (χ0v) is 9.08. The maximum absolute atomic E-state index is 9.85. The molecule has 1 unspecified atom stereocenters. The van der Waals surface area contributed by atoms with Crippen molar-refractivity contribution in [2.75, 3.05) is 0 Å². The molecule has 0 saturated carbocycles. The topological polar surface area (TPSA) is 176 Å². The Labute approximate surface area is 78.8 Å². The molecule has 0 spiro atoms. The molecule has 0 heterocycles. The van der Waals surface area contributed by atoms with Gasteiger partial charge in [0, 0.05) is 6.04 Å². The van der Waals surface area contributed by atoms with E-state index < -0.39 is 20.7 Å². The number of carboxylic acid groups (broad SMARTS) is 1. The highest BCUT2D eigenvalue weighted by Gasteiger charge is 1.98. The molecule has 13 heavy (non-hydrogen) atoms. The quantitative estimate of drug-likeness (QED) is 0.476. The van der Waals surface area contributed by atoms with Crippen molar-refractivity contribution in [2.24, 2.45) is 5.73 Å². The van der Waals surface area contributed by atoms with Gasteiger partial charge in [-0.1, -0.05) is 13.3 Å². The number of carbonyl (C=O) groups excluding carboxylic acids is 1. The predicted molar refractivity (Wildman–Crippen MR) is 49.7 cm³/mol. The second kappa shape index (κ2) is 17.5. The second-order valence-electron chi connectivity index (χ2n) is 1.80. The summed E-state index contributed by atoms with van der Waals surface area (Å²) in [6, 6.07) is -0.778. The third kappa shape index (κ3) is 24.6. The van der Waals surface area contributed by atoms with Gasteiger partial charge in [-0.05, 0) is 6.42 Å². The molecule has 11 N–H and O–H groups in total. The lowest BCUT2D eigenvalue weighted by Crippen LogP contribution is -2.41. The Morgan fingerprint density at radius 2 is 1.92 bits per heavy atom. The fraction of sp³-hybridized carbons (Fsp3) is 0.800. The zero-order valence-electron chi connectivity index (χ0n) is 8.19. The van der Waals surface area contributed by atoms with Gasteiger partial charge in [-0.25, -0.2) is 4.57 Å². The molecule has 0 aromatic heterocycles. The van der Waals surface area contributed by atoms with Crippen molar-refractivity contribution >= 4 is 14.7 Å². The van der Waals surface area contributed by atoms with Crippen molar-refractivity contribution in [3.05, 3.63) is 0 Å². The van der Waals surface area contributed by atoms with E-state index in [2.05, 4.69) is 0 Å². The van der Waals surface area contributed by atoms with Gasteiger partial charge in [0.25, 0.3) is 0 Å². The molecule has 7 nitrogen and oxygen atoms in total. The van der Waals surface area contributed by atoms with Crippen LogP contribution in [0.5, 0.6) is 0 Å². The van der Waals surface area contributed by atoms with Gasteiger partial charge in [-0.15, -0.1) is 0 Å². The Morgan fingerprint density at radius 1 is 1.62 bits per heavy atom. The van der Waals surface area contributed by atoms with Crippen LogP contribution in [0, 0.1) is 0 Å². The Hall–Kier alpha value is -0.590. The Kier molecular flexibility index (Phi) is 30.7. The molecule has 0 bridgehead atoms. The van der Waals surface area contributed by atoms with Crippen LogP contribution in [0.2, 0.25) is 0 Å². The normalized spacial score (nSPS) is 9.77. The fourth-order valence-corrected chi connectivity index (χ4v) is 0.429. The number of nitrogens with two attached hydrogens (primary N) is 1. The number of aliphatic carboxylic acids is 1. The third-order valence-electron chi connectivity index (χ3n) is 0.902. The molecule has 0 radical (unpaired) electrons. The fourth-order valence-electron chi connectivity index (χ4n) is 0.429. The summed E-state index contributed by atoms with van der Waals surface area (Å²) in [5.41, 5.74) is 5.06. The van der Waals surface area contributed by atoms with Crippen LogP contribution in [0.25, 0.3) is 0 Å². The lowest BCUT2D eigenvalue weighted by atomic mass is 10.2. The molecule has 0 fully saturated rings. The molecular weight excluding hydrogens is 197 g/mol. The SMILES string of the molecule is CCCC(N)C(=O)[O-].O=PO.[NH4+].[NH4+]. The van der Waals surface area contributed by atoms with Crippen molar-refractivity contribution in [3.63, 3.8) is 0 Å². The number of hydrogen-bond acceptors (Lipinski definition) is 4. The highest BCUT2D eigenvalue weighted by Crippen LogP contribution is 1.89. The predicted octanol–water partition coefficient (Wildman–Crippen LogP) is -0.198. The van der Waals surface area contributed by atoms with Gasteiger partial charge in [0.05, 0.1) is 5.97 Å². The van der Waals surface area contributed by atoms with Crippen molar-refractivity contribution in [1.82, 2.24) is 12.3 Å². The summed E-state index contributed by atoms with van der Waals surface area (Å²) in [5, 5.41) is 9.85. The molecule has 0 rings (SSSR count). The van der Waals surface area contributed by atoms with E-state index in [9.17, 15) is 9.90 Å². The number of carbonyl (C=O) groups is 1. The van der Waals surface area contributed by atoms with Gasteiger partial charge in [-0.3, -0.25) is 0 Å². The smallest absolute Gasteiger partial charge is 0.324 e. The molecule has 0 aliphatic carbocycles. The van der Waals surface area contributed by atoms with Gasteiger partial charge >= 0.3 is 8.69 Å². The van der Waals surface area contributed by atoms with Crippen LogP contribution in [-0.2, 0) is 9.36 Å². The summed E-state index contributed by atoms with van der Waals surface area (Å²) in [6.45, 7) is 1.88. The Balaban J connectivity index is -0.0000000720. The minimum absolute atomic E-state index is 0. The second-order valence-corrected chi connectivity index (χ2v) is 1.96. The van der Waals surface area contributed by atoms with Gasteiger partial charge in [0.15, 0.2) is 0 Å². The van der Waals surface area contributed by atoms with Gasteiger partial charge < -0.3 is 32.8 Å². The largest absolute Gasteiger partial charge is 0.548 e. The van der Waals surface area contributed by atoms with E-state index in [1.54, 1.807) is 0 Å². The molecule has 8 heteroatoms. The van der Waals surface area contributed by atoms with Crippen molar-refractivity contribution < 1.29 is 19.4 Å². The van der Waals surface area contributed by atoms with Gasteiger partial charge in [0.2, 0.25) is 0 Å². The molecule has 0 amide bonds. The first-order valence-electron chi connectivity index (χ1n) is 3.03. The Bertz CT molecular complexity index is 124. The van der Waals surface area contributed by atoms with Crippen LogP contribution < -0.4 is 23.1 Å². The van der Waals surface area contributed by atoms with Crippen molar-refractivity contribution in [3.8, 4) is 0 Å². The summed E-state index contributed by atoms with van der Waals surface area (Å²) in [4.78, 5) is 16.8. The number of rotatable bonds is 3. The first kappa shape index (κ1) is 22.8. The number of carboxylic acids is 1. The molecule has 0 aliphatic rings. The third-order valence-corrected chi connectivity index (χ3v) is 0.902. The minimum Gasteiger partial charge on any atom is -0.548 e. The monoisotopic (exact) mass is 216 g/mol. The number of quaternary nitrogens is 2. The summed E-state index contributed by atoms with van der Waals surface area (Å²) in [6.07, 6.45) is 1.29. The molecule has 0 aromatic carbocycles. The molecular formula is C5H19N3O4P+. The van der Waals surface area contributed by atoms with E-state index in [0.29, 0.717) is 6.42 Å². The molecule has 0 saturated heterocycles. The highest BCUT2D eigenvalue weighted by atomic mass is 31.1. The summed E-state index contributed by atoms with van der Waals surface area (Å²) in [5.74, 6) is -1.16. The minimum atomic E-state index is -1.16. The van der Waals surface area contributed by atoms with Crippen LogP contribution in [0.4, 0.5) is 0 Å². The van der Waals surface area contributed by atoms with Crippen LogP contribution in [0.15, 0.2) is 0 Å². The van der Waals surface area contributed by atoms with Crippen LogP contribution in [0.3, 0.4) is 0 Å². The standard InChI is InChI=1S/C5H11NO2.2H3N.HO2P/c1-2-3-4(6)5(7)8;;;1-3-2/h4H,2-3,6H2,1H3,(H,7,8);2*1H3;(H,1,2)/p+1. The van der Waals surface area contributed by atoms with Crippen molar-refractivity contribution in [2.45, 2.75) is 25.8 Å². The first-order valence-corrected chi connectivity index (χ1v) is 3.79. The lowest BCUT2D eigenvalue weighted by Gasteiger charge is -2.09. The van der Waals surface area contributed by atoms with E-state index in [4.69, 9.17) is 15.2 Å². The summed E-state index contributed by atoms with van der Waals surface area (Å²) in [7, 11) is -0.833. The van der Waals surface area contributed by atoms with E-state index in [1.807, 2.05) is 6.92 Å². The number of hydrogen-bond donors (Lipinski definition) is 4. The van der Waals surface area contributed by atoms with Crippen LogP contribution in [-0.4, -0.2) is 16.9 Å². The zero-order chi connectivity index (χ0) is 9.28. The Morgan fingerprint density at radius 3 is 2.00 bits per heavy atom. The molecule has 1 atom stereocenters. The summed E-state index contributed by atoms with van der Waals surface area (Å²) < 4.78 is 8.46. The van der Waals surface area contributed by atoms with Gasteiger partial charge in [0.1, 0.15) is 0 Å². The summed E-state index contributed by atoms with van der Waals surface area (Å²) >= 11 is 0. The molecule has 0 aromatic rings. The van der Waals surface area contributed by atoms with E-state index in [0.717, 1.165) is 6.42 Å². The first-order chi connectivity index (χ1) is 5.09. The maximum atomic E-state index is 9.85. The van der Waals surface area contributed by atoms with E-state index in [-0.39, 0.29) is 12.3 Å². The average Bonchev–Trinajstić information content (AvgIpc) is 1.90. The lowest BCUT2D eigenvalue weighted by molar-refractivity contribution is -0.307. The highest BCUT2D eigenvalue weighted by molar-refractivity contribution is 7.16.